The van der Waals surface area contributed by atoms with Crippen LogP contribution in [0.25, 0.3) is 5.78 Å². The van der Waals surface area contributed by atoms with Gasteiger partial charge >= 0.3 is 0 Å². The zero-order valence-electron chi connectivity index (χ0n) is 16.6. The number of carbonyl (C=O) groups excluding carboxylic acids is 1. The zero-order chi connectivity index (χ0) is 19.5. The molecular formula is C22H27N5O. The third kappa shape index (κ3) is 4.06. The summed E-state index contributed by atoms with van der Waals surface area (Å²) < 4.78 is 1.70. The molecule has 0 radical (unpaired) electrons. The first-order chi connectivity index (χ1) is 13.6. The average Bonchev–Trinajstić information content (AvgIpc) is 3.10. The molecule has 1 amide bonds. The van der Waals surface area contributed by atoms with Crippen molar-refractivity contribution in [3.63, 3.8) is 0 Å². The van der Waals surface area contributed by atoms with Crippen LogP contribution in [0.5, 0.6) is 0 Å². The number of rotatable bonds is 5. The fraction of sp³-hybridized carbons (Fsp3) is 0.455. The molecule has 0 unspecified atom stereocenters. The van der Waals surface area contributed by atoms with Crippen molar-refractivity contribution in [2.45, 2.75) is 58.4 Å². The van der Waals surface area contributed by atoms with Crippen LogP contribution in [0.4, 0.5) is 0 Å². The molecule has 1 saturated carbocycles. The highest BCUT2D eigenvalue weighted by Gasteiger charge is 2.27. The van der Waals surface area contributed by atoms with Crippen LogP contribution in [0.3, 0.4) is 0 Å². The van der Waals surface area contributed by atoms with Crippen LogP contribution in [0.2, 0.25) is 0 Å². The summed E-state index contributed by atoms with van der Waals surface area (Å²) in [6, 6.07) is 12.3. The minimum absolute atomic E-state index is 0.0373. The van der Waals surface area contributed by atoms with Crippen molar-refractivity contribution in [1.82, 2.24) is 24.9 Å². The maximum Gasteiger partial charge on any atom is 0.252 e. The third-order valence-corrected chi connectivity index (χ3v) is 5.58. The Labute approximate surface area is 165 Å². The SMILES string of the molecule is Cc1cc(C)n2nc(CC(=O)N[C@H](c3ccccc3)C3CCCCC3)nc2n1. The van der Waals surface area contributed by atoms with Crippen LogP contribution in [-0.4, -0.2) is 25.5 Å². The fourth-order valence-corrected chi connectivity index (χ4v) is 4.25. The summed E-state index contributed by atoms with van der Waals surface area (Å²) in [5, 5.41) is 7.74. The van der Waals surface area contributed by atoms with Crippen molar-refractivity contribution in [2.75, 3.05) is 0 Å². The van der Waals surface area contributed by atoms with Crippen molar-refractivity contribution in [1.29, 1.82) is 0 Å². The first-order valence-corrected chi connectivity index (χ1v) is 10.1. The summed E-state index contributed by atoms with van der Waals surface area (Å²) in [5.41, 5.74) is 3.04. The van der Waals surface area contributed by atoms with Crippen LogP contribution in [-0.2, 0) is 11.2 Å². The Morgan fingerprint density at radius 3 is 2.64 bits per heavy atom. The molecule has 0 saturated heterocycles. The minimum atomic E-state index is -0.0373. The van der Waals surface area contributed by atoms with E-state index in [1.165, 1.54) is 24.8 Å². The van der Waals surface area contributed by atoms with Gasteiger partial charge in [0.15, 0.2) is 5.82 Å². The molecule has 4 rings (SSSR count). The molecule has 1 fully saturated rings. The molecule has 0 bridgehead atoms. The van der Waals surface area contributed by atoms with E-state index in [1.807, 2.05) is 38.1 Å². The van der Waals surface area contributed by atoms with Crippen molar-refractivity contribution < 1.29 is 4.79 Å². The first kappa shape index (κ1) is 18.6. The lowest BCUT2D eigenvalue weighted by Crippen LogP contribution is -2.35. The largest absolute Gasteiger partial charge is 0.349 e. The summed E-state index contributed by atoms with van der Waals surface area (Å²) in [7, 11) is 0. The molecule has 2 aromatic heterocycles. The van der Waals surface area contributed by atoms with E-state index >= 15 is 0 Å². The molecule has 1 aliphatic rings. The summed E-state index contributed by atoms with van der Waals surface area (Å²) in [6.45, 7) is 3.90. The maximum atomic E-state index is 12.8. The van der Waals surface area contributed by atoms with Crippen molar-refractivity contribution in [3.05, 3.63) is 59.2 Å². The van der Waals surface area contributed by atoms with E-state index < -0.39 is 0 Å². The molecule has 0 spiro atoms. The van der Waals surface area contributed by atoms with Gasteiger partial charge in [0.1, 0.15) is 0 Å². The molecule has 146 valence electrons. The summed E-state index contributed by atoms with van der Waals surface area (Å²) in [5.74, 6) is 1.51. The monoisotopic (exact) mass is 377 g/mol. The van der Waals surface area contributed by atoms with E-state index in [0.717, 1.165) is 24.2 Å². The number of amides is 1. The molecule has 6 heteroatoms. The predicted octanol–water partition coefficient (Wildman–Crippen LogP) is 3.72. The van der Waals surface area contributed by atoms with Gasteiger partial charge in [0.05, 0.1) is 12.5 Å². The number of nitrogens with zero attached hydrogens (tertiary/aromatic N) is 4. The third-order valence-electron chi connectivity index (χ3n) is 5.58. The summed E-state index contributed by atoms with van der Waals surface area (Å²) in [4.78, 5) is 21.7. The molecule has 1 atom stereocenters. The van der Waals surface area contributed by atoms with Crippen LogP contribution in [0.15, 0.2) is 36.4 Å². The Hall–Kier alpha value is -2.76. The van der Waals surface area contributed by atoms with E-state index in [2.05, 4.69) is 32.5 Å². The highest BCUT2D eigenvalue weighted by atomic mass is 16.1. The van der Waals surface area contributed by atoms with E-state index in [1.54, 1.807) is 4.52 Å². The first-order valence-electron chi connectivity index (χ1n) is 10.1. The van der Waals surface area contributed by atoms with Crippen molar-refractivity contribution >= 4 is 11.7 Å². The lowest BCUT2D eigenvalue weighted by molar-refractivity contribution is -0.121. The van der Waals surface area contributed by atoms with Gasteiger partial charge in [-0.2, -0.15) is 4.98 Å². The number of hydrogen-bond acceptors (Lipinski definition) is 4. The van der Waals surface area contributed by atoms with E-state index in [9.17, 15) is 4.79 Å². The second-order valence-electron chi connectivity index (χ2n) is 7.81. The standard InChI is InChI=1S/C22H27N5O/c1-15-13-16(2)27-22(23-15)24-19(26-27)14-20(28)25-21(17-9-5-3-6-10-17)18-11-7-4-8-12-18/h3,5-6,9-10,13,18,21H,4,7-8,11-12,14H2,1-2H3,(H,25,28)/t21-/m1/s1. The van der Waals surface area contributed by atoms with Gasteiger partial charge in [0.2, 0.25) is 5.91 Å². The lowest BCUT2D eigenvalue weighted by atomic mass is 9.81. The smallest absolute Gasteiger partial charge is 0.252 e. The molecule has 0 aliphatic heterocycles. The molecular weight excluding hydrogens is 350 g/mol. The topological polar surface area (TPSA) is 72.2 Å². The number of carbonyl (C=O) groups is 1. The van der Waals surface area contributed by atoms with Crippen molar-refractivity contribution in [3.8, 4) is 0 Å². The van der Waals surface area contributed by atoms with Crippen LogP contribution >= 0.6 is 0 Å². The highest BCUT2D eigenvalue weighted by molar-refractivity contribution is 5.78. The molecule has 1 aromatic carbocycles. The predicted molar refractivity (Wildman–Crippen MR) is 108 cm³/mol. The van der Waals surface area contributed by atoms with Crippen molar-refractivity contribution in [2.24, 2.45) is 5.92 Å². The number of hydrogen-bond donors (Lipinski definition) is 1. The normalized spacial score (nSPS) is 16.2. The number of nitrogens with one attached hydrogen (secondary N) is 1. The lowest BCUT2D eigenvalue weighted by Gasteiger charge is -2.31. The molecule has 2 heterocycles. The summed E-state index contributed by atoms with van der Waals surface area (Å²) in [6.07, 6.45) is 6.26. The van der Waals surface area contributed by atoms with Gasteiger partial charge in [-0.05, 0) is 44.2 Å². The maximum absolute atomic E-state index is 12.8. The number of aryl methyl sites for hydroxylation is 2. The second kappa shape index (κ2) is 8.09. The molecule has 28 heavy (non-hydrogen) atoms. The molecule has 6 nitrogen and oxygen atoms in total. The van der Waals surface area contributed by atoms with Gasteiger partial charge in [-0.1, -0.05) is 49.6 Å². The Kier molecular flexibility index (Phi) is 5.37. The van der Waals surface area contributed by atoms with E-state index in [4.69, 9.17) is 0 Å². The van der Waals surface area contributed by atoms with E-state index in [0.29, 0.717) is 17.5 Å². The quantitative estimate of drug-likeness (QED) is 0.735. The van der Waals surface area contributed by atoms with Gasteiger partial charge in [-0.25, -0.2) is 9.50 Å². The summed E-state index contributed by atoms with van der Waals surface area (Å²) >= 11 is 0. The number of aromatic nitrogens is 4. The van der Waals surface area contributed by atoms with Gasteiger partial charge in [0, 0.05) is 11.4 Å². The van der Waals surface area contributed by atoms with Gasteiger partial charge in [0.25, 0.3) is 5.78 Å². The minimum Gasteiger partial charge on any atom is -0.349 e. The molecule has 1 aliphatic carbocycles. The Morgan fingerprint density at radius 1 is 1.14 bits per heavy atom. The average molecular weight is 377 g/mol. The molecule has 1 N–H and O–H groups in total. The van der Waals surface area contributed by atoms with Crippen LogP contribution in [0.1, 0.15) is 60.9 Å². The Balaban J connectivity index is 1.52. The van der Waals surface area contributed by atoms with Gasteiger partial charge in [-0.3, -0.25) is 4.79 Å². The van der Waals surface area contributed by atoms with Gasteiger partial charge in [-0.15, -0.1) is 5.10 Å². The Morgan fingerprint density at radius 2 is 1.89 bits per heavy atom. The van der Waals surface area contributed by atoms with Gasteiger partial charge < -0.3 is 5.32 Å². The van der Waals surface area contributed by atoms with Crippen LogP contribution in [0, 0.1) is 19.8 Å². The van der Waals surface area contributed by atoms with E-state index in [-0.39, 0.29) is 18.4 Å². The molecule has 3 aromatic rings. The second-order valence-corrected chi connectivity index (χ2v) is 7.81. The number of benzene rings is 1. The fourth-order valence-electron chi connectivity index (χ4n) is 4.25. The zero-order valence-corrected chi connectivity index (χ0v) is 16.6. The number of fused-ring (bicyclic) bond motifs is 1. The van der Waals surface area contributed by atoms with Crippen LogP contribution < -0.4 is 5.32 Å². The highest BCUT2D eigenvalue weighted by Crippen LogP contribution is 2.34. The Bertz CT molecular complexity index is 960.